The van der Waals surface area contributed by atoms with Gasteiger partial charge in [-0.3, -0.25) is 10.1 Å². The van der Waals surface area contributed by atoms with Gasteiger partial charge >= 0.3 is 0 Å². The summed E-state index contributed by atoms with van der Waals surface area (Å²) in [5.41, 5.74) is 0.155. The zero-order valence-electron chi connectivity index (χ0n) is 4.98. The summed E-state index contributed by atoms with van der Waals surface area (Å²) in [5, 5.41) is 10.2. The molecule has 0 radical (unpaired) electrons. The SMILES string of the molecule is O=[N+]([O-])c1cccc([IH+])c1. The molecule has 52 valence electrons. The summed E-state index contributed by atoms with van der Waals surface area (Å²) in [6.45, 7) is 0. The Balaban J connectivity index is 3.07. The van der Waals surface area contributed by atoms with Crippen molar-refractivity contribution in [3.8, 4) is 0 Å². The van der Waals surface area contributed by atoms with E-state index in [2.05, 4.69) is 0 Å². The minimum absolute atomic E-state index is 0.155. The van der Waals surface area contributed by atoms with Crippen LogP contribution in [-0.4, -0.2) is 4.92 Å². The van der Waals surface area contributed by atoms with Gasteiger partial charge < -0.3 is 0 Å². The first-order valence-electron chi connectivity index (χ1n) is 2.61. The first-order chi connectivity index (χ1) is 4.70. The Kier molecular flexibility index (Phi) is 2.21. The summed E-state index contributed by atoms with van der Waals surface area (Å²) in [4.78, 5) is 9.77. The minimum Gasteiger partial charge on any atom is -0.258 e. The van der Waals surface area contributed by atoms with Crippen LogP contribution in [0.5, 0.6) is 0 Å². The lowest BCUT2D eigenvalue weighted by Gasteiger charge is -1.85. The molecule has 0 aliphatic rings. The van der Waals surface area contributed by atoms with Gasteiger partial charge in [0.05, 0.1) is 11.0 Å². The molecule has 0 atom stereocenters. The van der Waals surface area contributed by atoms with Gasteiger partial charge in [-0.2, -0.15) is 0 Å². The second kappa shape index (κ2) is 2.96. The summed E-state index contributed by atoms with van der Waals surface area (Å²) in [7, 11) is 0. The number of non-ortho nitro benzene ring substituents is 1. The van der Waals surface area contributed by atoms with E-state index in [9.17, 15) is 10.1 Å². The van der Waals surface area contributed by atoms with E-state index in [1.165, 1.54) is 6.07 Å². The van der Waals surface area contributed by atoms with E-state index in [0.29, 0.717) is 0 Å². The Morgan fingerprint density at radius 2 is 2.20 bits per heavy atom. The van der Waals surface area contributed by atoms with Crippen molar-refractivity contribution >= 4 is 5.69 Å². The fourth-order valence-electron chi connectivity index (χ4n) is 0.597. The van der Waals surface area contributed by atoms with Crippen LogP contribution in [0.15, 0.2) is 24.3 Å². The third kappa shape index (κ3) is 1.66. The van der Waals surface area contributed by atoms with Crippen LogP contribution in [0, 0.1) is 13.7 Å². The molecule has 0 bridgehead atoms. The van der Waals surface area contributed by atoms with Crippen molar-refractivity contribution in [3.05, 3.63) is 37.9 Å². The minimum atomic E-state index is -0.394. The average molecular weight is 250 g/mol. The van der Waals surface area contributed by atoms with Crippen molar-refractivity contribution in [1.82, 2.24) is 0 Å². The Morgan fingerprint density at radius 1 is 1.50 bits per heavy atom. The molecule has 0 amide bonds. The highest BCUT2D eigenvalue weighted by Crippen LogP contribution is 2.07. The predicted molar refractivity (Wildman–Crippen MR) is 33.2 cm³/mol. The van der Waals surface area contributed by atoms with Gasteiger partial charge in [0.15, 0.2) is 3.57 Å². The van der Waals surface area contributed by atoms with Crippen molar-refractivity contribution in [3.63, 3.8) is 0 Å². The maximum atomic E-state index is 10.2. The predicted octanol–water partition coefficient (Wildman–Crippen LogP) is -1.95. The summed E-state index contributed by atoms with van der Waals surface area (Å²) in [6, 6.07) is 6.53. The Labute approximate surface area is 71.3 Å². The summed E-state index contributed by atoms with van der Waals surface area (Å²) < 4.78 is 0.921. The van der Waals surface area contributed by atoms with Crippen LogP contribution in [0.3, 0.4) is 0 Å². The number of hydrogen-bond donors (Lipinski definition) is 0. The van der Waals surface area contributed by atoms with Crippen LogP contribution in [0.1, 0.15) is 0 Å². The van der Waals surface area contributed by atoms with Crippen LogP contribution in [0.4, 0.5) is 5.69 Å². The van der Waals surface area contributed by atoms with Gasteiger partial charge in [0.2, 0.25) is 0 Å². The molecule has 0 saturated heterocycles. The standard InChI is InChI=1S/C6H5INO2/c7-5-2-1-3-6(4-5)8(9)10/h1-4,7H/q+1. The highest BCUT2D eigenvalue weighted by Gasteiger charge is 2.06. The van der Waals surface area contributed by atoms with Crippen molar-refractivity contribution in [2.45, 2.75) is 0 Å². The van der Waals surface area contributed by atoms with E-state index in [4.69, 9.17) is 0 Å². The number of benzene rings is 1. The molecule has 0 heterocycles. The fourth-order valence-corrected chi connectivity index (χ4v) is 1.17. The maximum absolute atomic E-state index is 10.2. The Morgan fingerprint density at radius 3 is 2.60 bits per heavy atom. The maximum Gasteiger partial charge on any atom is 0.296 e. The number of nitro groups is 1. The van der Waals surface area contributed by atoms with E-state index in [0.717, 1.165) is 3.57 Å². The molecule has 1 aromatic rings. The van der Waals surface area contributed by atoms with Gasteiger partial charge in [-0.1, -0.05) is 6.07 Å². The second-order valence-corrected chi connectivity index (χ2v) is 3.10. The van der Waals surface area contributed by atoms with Crippen molar-refractivity contribution in [2.75, 3.05) is 0 Å². The fraction of sp³-hybridized carbons (Fsp3) is 0. The molecular weight excluding hydrogens is 245 g/mol. The van der Waals surface area contributed by atoms with Gasteiger partial charge in [0.1, 0.15) is 0 Å². The first-order valence-corrected chi connectivity index (χ1v) is 3.78. The van der Waals surface area contributed by atoms with Crippen LogP contribution in [0.2, 0.25) is 0 Å². The van der Waals surface area contributed by atoms with Crippen LogP contribution < -0.4 is 22.6 Å². The lowest BCUT2D eigenvalue weighted by atomic mass is 10.3. The highest BCUT2D eigenvalue weighted by atomic mass is 127. The topological polar surface area (TPSA) is 43.1 Å². The quantitative estimate of drug-likeness (QED) is 0.330. The number of rotatable bonds is 1. The molecule has 0 N–H and O–H groups in total. The Hall–Kier alpha value is -0.650. The summed E-state index contributed by atoms with van der Waals surface area (Å²) in [5.74, 6) is 0. The van der Waals surface area contributed by atoms with Crippen molar-refractivity contribution in [2.24, 2.45) is 0 Å². The van der Waals surface area contributed by atoms with Crippen LogP contribution >= 0.6 is 0 Å². The number of nitrogens with zero attached hydrogens (tertiary/aromatic N) is 1. The largest absolute Gasteiger partial charge is 0.296 e. The van der Waals surface area contributed by atoms with Crippen molar-refractivity contribution < 1.29 is 27.5 Å². The molecule has 0 aromatic heterocycles. The average Bonchev–Trinajstić information content (AvgIpc) is 1.88. The molecule has 1 aromatic carbocycles. The zero-order chi connectivity index (χ0) is 7.56. The van der Waals surface area contributed by atoms with E-state index in [-0.39, 0.29) is 5.69 Å². The molecular formula is C6H5INO2+. The zero-order valence-corrected chi connectivity index (χ0v) is 7.31. The Bertz CT molecular complexity index is 262. The molecule has 0 unspecified atom stereocenters. The third-order valence-electron chi connectivity index (χ3n) is 1.03. The van der Waals surface area contributed by atoms with Crippen LogP contribution in [0.25, 0.3) is 0 Å². The normalized spacial score (nSPS) is 9.30. The van der Waals surface area contributed by atoms with Gasteiger partial charge in [0, 0.05) is 6.07 Å². The molecule has 0 aliphatic heterocycles. The number of hydrogen-bond acceptors (Lipinski definition) is 2. The third-order valence-corrected chi connectivity index (χ3v) is 1.75. The second-order valence-electron chi connectivity index (χ2n) is 1.75. The van der Waals surface area contributed by atoms with E-state index in [1.807, 2.05) is 6.07 Å². The van der Waals surface area contributed by atoms with Crippen LogP contribution in [-0.2, 0) is 0 Å². The number of halogens is 1. The van der Waals surface area contributed by atoms with Gasteiger partial charge in [-0.15, -0.1) is 0 Å². The smallest absolute Gasteiger partial charge is 0.258 e. The molecule has 0 aliphatic carbocycles. The van der Waals surface area contributed by atoms with E-state index >= 15 is 0 Å². The molecule has 10 heavy (non-hydrogen) atoms. The van der Waals surface area contributed by atoms with Gasteiger partial charge in [-0.25, -0.2) is 0 Å². The first kappa shape index (κ1) is 7.46. The monoisotopic (exact) mass is 250 g/mol. The summed E-state index contributed by atoms with van der Waals surface area (Å²) >= 11 is 1.76. The molecule has 4 heteroatoms. The number of nitro benzene ring substituents is 1. The van der Waals surface area contributed by atoms with Gasteiger partial charge in [0.25, 0.3) is 28.3 Å². The molecule has 3 nitrogen and oxygen atoms in total. The lowest BCUT2D eigenvalue weighted by molar-refractivity contribution is -0.387. The summed E-state index contributed by atoms with van der Waals surface area (Å²) in [6.07, 6.45) is 0. The highest BCUT2D eigenvalue weighted by molar-refractivity contribution is 5.27. The lowest BCUT2D eigenvalue weighted by Crippen LogP contribution is -3.34. The molecule has 0 spiro atoms. The van der Waals surface area contributed by atoms with Crippen molar-refractivity contribution in [1.29, 1.82) is 0 Å². The van der Waals surface area contributed by atoms with E-state index in [1.54, 1.807) is 34.7 Å². The molecule has 1 rings (SSSR count). The molecule has 0 fully saturated rings. The molecule has 0 saturated carbocycles. The van der Waals surface area contributed by atoms with E-state index < -0.39 is 4.92 Å². The van der Waals surface area contributed by atoms with Gasteiger partial charge in [-0.05, 0) is 6.07 Å².